The van der Waals surface area contributed by atoms with Gasteiger partial charge in [0.1, 0.15) is 12.2 Å². The molecule has 4 rings (SSSR count). The molecular formula is C18H23N3O4. The summed E-state index contributed by atoms with van der Waals surface area (Å²) in [5.41, 5.74) is 2.35. The Kier molecular flexibility index (Phi) is 4.61. The van der Waals surface area contributed by atoms with E-state index in [1.54, 1.807) is 0 Å². The summed E-state index contributed by atoms with van der Waals surface area (Å²) < 4.78 is 17.1. The van der Waals surface area contributed by atoms with Crippen molar-refractivity contribution in [3.63, 3.8) is 0 Å². The molecule has 0 radical (unpaired) electrons. The van der Waals surface area contributed by atoms with Crippen LogP contribution in [0.5, 0.6) is 0 Å². The first-order valence-electron chi connectivity index (χ1n) is 8.72. The highest BCUT2D eigenvalue weighted by atomic mass is 16.6. The number of ether oxygens (including phenoxy) is 3. The maximum Gasteiger partial charge on any atom is 0.407 e. The maximum absolute atomic E-state index is 11.6. The number of aromatic nitrogens is 1. The molecule has 2 aromatic rings. The fraction of sp³-hybridized carbons (Fsp3) is 0.500. The molecule has 4 atom stereocenters. The SMILES string of the molecule is CCNC(=O)O[C@@H]1CO[C@H]2[C@@H]1OC[C@@H]2NCc1c[nH]c2ccccc12. The van der Waals surface area contributed by atoms with Gasteiger partial charge in [-0.2, -0.15) is 0 Å². The Morgan fingerprint density at radius 1 is 1.28 bits per heavy atom. The van der Waals surface area contributed by atoms with Gasteiger partial charge in [0.15, 0.2) is 6.10 Å². The zero-order chi connectivity index (χ0) is 17.2. The Morgan fingerprint density at radius 3 is 3.00 bits per heavy atom. The number of hydrogen-bond donors (Lipinski definition) is 3. The quantitative estimate of drug-likeness (QED) is 0.765. The molecule has 0 unspecified atom stereocenters. The molecule has 3 N–H and O–H groups in total. The molecule has 1 aromatic heterocycles. The van der Waals surface area contributed by atoms with Gasteiger partial charge in [-0.25, -0.2) is 4.79 Å². The van der Waals surface area contributed by atoms with Crippen LogP contribution >= 0.6 is 0 Å². The minimum atomic E-state index is -0.421. The van der Waals surface area contributed by atoms with Crippen LogP contribution in [0.15, 0.2) is 30.5 Å². The molecule has 25 heavy (non-hydrogen) atoms. The third-order valence-electron chi connectivity index (χ3n) is 4.82. The number of H-pyrrole nitrogens is 1. The van der Waals surface area contributed by atoms with Gasteiger partial charge >= 0.3 is 6.09 Å². The van der Waals surface area contributed by atoms with Crippen LogP contribution in [0.25, 0.3) is 10.9 Å². The van der Waals surface area contributed by atoms with Crippen molar-refractivity contribution in [1.29, 1.82) is 0 Å². The summed E-state index contributed by atoms with van der Waals surface area (Å²) in [5.74, 6) is 0. The maximum atomic E-state index is 11.6. The number of nitrogens with one attached hydrogen (secondary N) is 3. The van der Waals surface area contributed by atoms with Gasteiger partial charge in [-0.15, -0.1) is 0 Å². The van der Waals surface area contributed by atoms with Gasteiger partial charge in [-0.3, -0.25) is 0 Å². The van der Waals surface area contributed by atoms with Crippen molar-refractivity contribution in [2.75, 3.05) is 19.8 Å². The van der Waals surface area contributed by atoms with E-state index in [9.17, 15) is 4.79 Å². The van der Waals surface area contributed by atoms with Crippen LogP contribution in [0, 0.1) is 0 Å². The molecule has 0 spiro atoms. The van der Waals surface area contributed by atoms with E-state index in [0.29, 0.717) is 19.8 Å². The molecule has 2 aliphatic rings. The van der Waals surface area contributed by atoms with Crippen LogP contribution in [0.2, 0.25) is 0 Å². The van der Waals surface area contributed by atoms with E-state index < -0.39 is 6.09 Å². The molecule has 1 aromatic carbocycles. The number of rotatable bonds is 5. The lowest BCUT2D eigenvalue weighted by molar-refractivity contribution is 0.00400. The zero-order valence-electron chi connectivity index (χ0n) is 14.2. The number of para-hydroxylation sites is 1. The number of hydrogen-bond acceptors (Lipinski definition) is 5. The van der Waals surface area contributed by atoms with E-state index in [1.807, 2.05) is 25.3 Å². The van der Waals surface area contributed by atoms with Crippen LogP contribution in [0.3, 0.4) is 0 Å². The largest absolute Gasteiger partial charge is 0.441 e. The standard InChI is InChI=1S/C18H23N3O4/c1-2-19-18(22)25-15-10-24-16-14(9-23-17(15)16)21-8-11-7-20-13-6-4-3-5-12(11)13/h3-7,14-17,20-21H,2,8-10H2,1H3,(H,19,22)/t14-,15+,16+,17+/m0/s1. The average molecular weight is 345 g/mol. The lowest BCUT2D eigenvalue weighted by Crippen LogP contribution is -2.41. The second-order valence-electron chi connectivity index (χ2n) is 6.42. The van der Waals surface area contributed by atoms with Crippen molar-refractivity contribution >= 4 is 17.0 Å². The van der Waals surface area contributed by atoms with E-state index in [2.05, 4.69) is 27.8 Å². The van der Waals surface area contributed by atoms with Gasteiger partial charge in [0.2, 0.25) is 0 Å². The second-order valence-corrected chi connectivity index (χ2v) is 6.42. The molecule has 0 saturated carbocycles. The fourth-order valence-electron chi connectivity index (χ4n) is 3.58. The van der Waals surface area contributed by atoms with E-state index >= 15 is 0 Å². The smallest absolute Gasteiger partial charge is 0.407 e. The minimum absolute atomic E-state index is 0.0847. The number of aromatic amines is 1. The molecule has 0 bridgehead atoms. The molecule has 1 amide bonds. The number of alkyl carbamates (subject to hydrolysis) is 1. The highest BCUT2D eigenvalue weighted by Gasteiger charge is 2.49. The molecule has 7 heteroatoms. The molecule has 0 aliphatic carbocycles. The lowest BCUT2D eigenvalue weighted by Gasteiger charge is -2.18. The third kappa shape index (κ3) is 3.22. The molecule has 2 aliphatic heterocycles. The van der Waals surface area contributed by atoms with Gasteiger partial charge in [0.25, 0.3) is 0 Å². The lowest BCUT2D eigenvalue weighted by atomic mass is 10.1. The zero-order valence-corrected chi connectivity index (χ0v) is 14.2. The van der Waals surface area contributed by atoms with Crippen molar-refractivity contribution in [2.45, 2.75) is 37.8 Å². The van der Waals surface area contributed by atoms with Crippen molar-refractivity contribution < 1.29 is 19.0 Å². The van der Waals surface area contributed by atoms with Crippen molar-refractivity contribution in [3.05, 3.63) is 36.0 Å². The van der Waals surface area contributed by atoms with E-state index in [-0.39, 0.29) is 24.4 Å². The average Bonchev–Trinajstić information content (AvgIpc) is 3.30. The monoisotopic (exact) mass is 345 g/mol. The summed E-state index contributed by atoms with van der Waals surface area (Å²) in [5, 5.41) is 7.37. The predicted molar refractivity (Wildman–Crippen MR) is 92.4 cm³/mol. The van der Waals surface area contributed by atoms with Crippen molar-refractivity contribution in [1.82, 2.24) is 15.6 Å². The van der Waals surface area contributed by atoms with Crippen LogP contribution in [0.1, 0.15) is 12.5 Å². The highest BCUT2D eigenvalue weighted by molar-refractivity contribution is 5.82. The van der Waals surface area contributed by atoms with Gasteiger partial charge in [0.05, 0.1) is 19.3 Å². The van der Waals surface area contributed by atoms with Crippen LogP contribution in [0.4, 0.5) is 4.79 Å². The van der Waals surface area contributed by atoms with Crippen molar-refractivity contribution in [3.8, 4) is 0 Å². The minimum Gasteiger partial charge on any atom is -0.441 e. The molecule has 134 valence electrons. The van der Waals surface area contributed by atoms with Gasteiger partial charge in [-0.1, -0.05) is 18.2 Å². The molecular weight excluding hydrogens is 322 g/mol. The highest BCUT2D eigenvalue weighted by Crippen LogP contribution is 2.29. The number of amides is 1. The van der Waals surface area contributed by atoms with Crippen molar-refractivity contribution in [2.24, 2.45) is 0 Å². The Morgan fingerprint density at radius 2 is 2.12 bits per heavy atom. The van der Waals surface area contributed by atoms with E-state index in [0.717, 1.165) is 12.1 Å². The first-order chi connectivity index (χ1) is 12.3. The van der Waals surface area contributed by atoms with Crippen LogP contribution in [-0.4, -0.2) is 55.2 Å². The van der Waals surface area contributed by atoms with E-state index in [4.69, 9.17) is 14.2 Å². The predicted octanol–water partition coefficient (Wildman–Crippen LogP) is 1.54. The first-order valence-corrected chi connectivity index (χ1v) is 8.72. The number of fused-ring (bicyclic) bond motifs is 2. The Hall–Kier alpha value is -2.09. The van der Waals surface area contributed by atoms with Crippen LogP contribution in [-0.2, 0) is 20.8 Å². The third-order valence-corrected chi connectivity index (χ3v) is 4.82. The molecule has 7 nitrogen and oxygen atoms in total. The topological polar surface area (TPSA) is 84.6 Å². The number of carbonyl (C=O) groups is 1. The Bertz CT molecular complexity index is 747. The van der Waals surface area contributed by atoms with Gasteiger partial charge < -0.3 is 29.8 Å². The number of carbonyl (C=O) groups excluding carboxylic acids is 1. The normalized spacial score (nSPS) is 28.2. The summed E-state index contributed by atoms with van der Waals surface area (Å²) in [7, 11) is 0. The van der Waals surface area contributed by atoms with Gasteiger partial charge in [-0.05, 0) is 18.6 Å². The van der Waals surface area contributed by atoms with Gasteiger partial charge in [0, 0.05) is 30.2 Å². The summed E-state index contributed by atoms with van der Waals surface area (Å²) >= 11 is 0. The fourth-order valence-corrected chi connectivity index (χ4v) is 3.58. The Labute approximate surface area is 146 Å². The van der Waals surface area contributed by atoms with Crippen LogP contribution < -0.4 is 10.6 Å². The molecule has 2 saturated heterocycles. The number of benzene rings is 1. The summed E-state index contributed by atoms with van der Waals surface area (Å²) in [4.78, 5) is 14.9. The summed E-state index contributed by atoms with van der Waals surface area (Å²) in [6, 6.07) is 8.32. The summed E-state index contributed by atoms with van der Waals surface area (Å²) in [6.45, 7) is 4.04. The Balaban J connectivity index is 1.35. The second kappa shape index (κ2) is 7.03. The molecule has 3 heterocycles. The first kappa shape index (κ1) is 16.4. The van der Waals surface area contributed by atoms with E-state index in [1.165, 1.54) is 10.9 Å². The summed E-state index contributed by atoms with van der Waals surface area (Å²) in [6.07, 6.45) is 0.960. The molecule has 2 fully saturated rings.